The predicted octanol–water partition coefficient (Wildman–Crippen LogP) is 3.05. The van der Waals surface area contributed by atoms with E-state index in [0.29, 0.717) is 13.1 Å². The highest BCUT2D eigenvalue weighted by atomic mass is 16.6. The van der Waals surface area contributed by atoms with Crippen molar-refractivity contribution in [2.45, 2.75) is 33.8 Å². The summed E-state index contributed by atoms with van der Waals surface area (Å²) in [4.78, 5) is 13.9. The number of amides is 1. The zero-order valence-electron chi connectivity index (χ0n) is 13.1. The third kappa shape index (κ3) is 3.38. The lowest BCUT2D eigenvalue weighted by atomic mass is 9.66. The molecule has 1 atom stereocenters. The molecule has 1 amide bonds. The van der Waals surface area contributed by atoms with Crippen LogP contribution >= 0.6 is 0 Å². The van der Waals surface area contributed by atoms with Crippen LogP contribution in [0.2, 0.25) is 0 Å². The molecule has 0 aromatic heterocycles. The van der Waals surface area contributed by atoms with Gasteiger partial charge in [-0.3, -0.25) is 0 Å². The highest BCUT2D eigenvalue weighted by molar-refractivity contribution is 5.68. The van der Waals surface area contributed by atoms with Gasteiger partial charge in [0, 0.05) is 18.5 Å². The molecule has 2 rings (SSSR count). The molecule has 1 aromatic rings. The van der Waals surface area contributed by atoms with E-state index in [4.69, 9.17) is 4.74 Å². The van der Waals surface area contributed by atoms with Gasteiger partial charge in [-0.2, -0.15) is 0 Å². The normalized spacial score (nSPS) is 22.4. The van der Waals surface area contributed by atoms with E-state index in [1.165, 1.54) is 0 Å². The Morgan fingerprint density at radius 3 is 2.52 bits per heavy atom. The van der Waals surface area contributed by atoms with E-state index in [-0.39, 0.29) is 30.1 Å². The zero-order valence-corrected chi connectivity index (χ0v) is 13.1. The molecule has 1 saturated heterocycles. The summed E-state index contributed by atoms with van der Waals surface area (Å²) in [6.07, 6.45) is 0.520. The minimum Gasteiger partial charge on any atom is -0.445 e. The van der Waals surface area contributed by atoms with Gasteiger partial charge in [-0.25, -0.2) is 4.79 Å². The minimum atomic E-state index is -0.293. The van der Waals surface area contributed by atoms with Gasteiger partial charge in [-0.15, -0.1) is 0 Å². The third-order valence-corrected chi connectivity index (χ3v) is 4.71. The van der Waals surface area contributed by atoms with Gasteiger partial charge in [0.15, 0.2) is 0 Å². The number of carbonyl (C=O) groups excluding carboxylic acids is 1. The number of aliphatic hydroxyl groups excluding tert-OH is 1. The topological polar surface area (TPSA) is 49.8 Å². The van der Waals surface area contributed by atoms with E-state index < -0.39 is 0 Å². The van der Waals surface area contributed by atoms with Crippen LogP contribution in [0.25, 0.3) is 0 Å². The Morgan fingerprint density at radius 2 is 2.00 bits per heavy atom. The van der Waals surface area contributed by atoms with Crippen molar-refractivity contribution in [1.82, 2.24) is 4.90 Å². The van der Waals surface area contributed by atoms with Crippen LogP contribution in [0.3, 0.4) is 0 Å². The molecule has 0 bridgehead atoms. The van der Waals surface area contributed by atoms with Crippen molar-refractivity contribution in [3.63, 3.8) is 0 Å². The Kier molecular flexibility index (Phi) is 4.57. The second-order valence-corrected chi connectivity index (χ2v) is 6.90. The number of ether oxygens (including phenoxy) is 1. The van der Waals surface area contributed by atoms with E-state index in [1.54, 1.807) is 4.90 Å². The average molecular weight is 291 g/mol. The first-order chi connectivity index (χ1) is 9.88. The van der Waals surface area contributed by atoms with Crippen LogP contribution in [0.4, 0.5) is 4.79 Å². The lowest BCUT2D eigenvalue weighted by molar-refractivity contribution is 0.0216. The number of likely N-dealkylation sites (tertiary alicyclic amines) is 1. The van der Waals surface area contributed by atoms with Crippen molar-refractivity contribution < 1.29 is 14.6 Å². The summed E-state index contributed by atoms with van der Waals surface area (Å²) < 4.78 is 5.37. The molecule has 0 spiro atoms. The van der Waals surface area contributed by atoms with Gasteiger partial charge in [0.05, 0.1) is 6.61 Å². The fourth-order valence-electron chi connectivity index (χ4n) is 2.82. The number of carbonyl (C=O) groups is 1. The van der Waals surface area contributed by atoms with Crippen LogP contribution in [-0.4, -0.2) is 35.8 Å². The molecule has 1 heterocycles. The molecule has 116 valence electrons. The molecule has 1 aliphatic rings. The molecule has 4 heteroatoms. The summed E-state index contributed by atoms with van der Waals surface area (Å²) in [6.45, 7) is 7.93. The molecule has 0 saturated carbocycles. The van der Waals surface area contributed by atoms with E-state index in [9.17, 15) is 9.90 Å². The minimum absolute atomic E-state index is 0.0454. The number of hydrogen-bond acceptors (Lipinski definition) is 3. The van der Waals surface area contributed by atoms with Gasteiger partial charge in [-0.05, 0) is 17.4 Å². The van der Waals surface area contributed by atoms with Crippen LogP contribution in [0.1, 0.15) is 32.8 Å². The van der Waals surface area contributed by atoms with Crippen LogP contribution in [-0.2, 0) is 11.3 Å². The van der Waals surface area contributed by atoms with Crippen molar-refractivity contribution in [3.8, 4) is 0 Å². The van der Waals surface area contributed by atoms with Gasteiger partial charge in [-0.1, -0.05) is 51.1 Å². The summed E-state index contributed by atoms with van der Waals surface area (Å²) in [7, 11) is 0. The van der Waals surface area contributed by atoms with Crippen molar-refractivity contribution in [1.29, 1.82) is 0 Å². The highest BCUT2D eigenvalue weighted by Crippen LogP contribution is 2.45. The maximum absolute atomic E-state index is 12.2. The maximum Gasteiger partial charge on any atom is 0.410 e. The molecule has 0 radical (unpaired) electrons. The average Bonchev–Trinajstić information content (AvgIpc) is 2.91. The number of rotatable bonds is 3. The van der Waals surface area contributed by atoms with E-state index in [0.717, 1.165) is 12.0 Å². The van der Waals surface area contributed by atoms with Crippen LogP contribution in [0, 0.1) is 10.8 Å². The van der Waals surface area contributed by atoms with Gasteiger partial charge in [0.1, 0.15) is 6.61 Å². The first-order valence-electron chi connectivity index (χ1n) is 7.44. The van der Waals surface area contributed by atoms with Crippen molar-refractivity contribution in [2.24, 2.45) is 10.8 Å². The summed E-state index contributed by atoms with van der Waals surface area (Å²) in [5.74, 6) is 0. The molecule has 0 aliphatic carbocycles. The summed E-state index contributed by atoms with van der Waals surface area (Å²) >= 11 is 0. The predicted molar refractivity (Wildman–Crippen MR) is 81.8 cm³/mol. The fourth-order valence-corrected chi connectivity index (χ4v) is 2.82. The molecule has 1 aliphatic heterocycles. The van der Waals surface area contributed by atoms with Gasteiger partial charge in [0.25, 0.3) is 0 Å². The largest absolute Gasteiger partial charge is 0.445 e. The maximum atomic E-state index is 12.2. The summed E-state index contributed by atoms with van der Waals surface area (Å²) in [5.41, 5.74) is 0.698. The Morgan fingerprint density at radius 1 is 1.33 bits per heavy atom. The van der Waals surface area contributed by atoms with Gasteiger partial charge >= 0.3 is 6.09 Å². The van der Waals surface area contributed by atoms with Gasteiger partial charge in [0.2, 0.25) is 0 Å². The lowest BCUT2D eigenvalue weighted by Crippen LogP contribution is -2.42. The molecule has 1 fully saturated rings. The molecule has 4 nitrogen and oxygen atoms in total. The molecule has 21 heavy (non-hydrogen) atoms. The Hall–Kier alpha value is -1.55. The number of benzene rings is 1. The van der Waals surface area contributed by atoms with E-state index in [1.807, 2.05) is 30.3 Å². The monoisotopic (exact) mass is 291 g/mol. The molecule has 1 aromatic carbocycles. The first-order valence-corrected chi connectivity index (χ1v) is 7.44. The molecule has 1 unspecified atom stereocenters. The summed E-state index contributed by atoms with van der Waals surface area (Å²) in [5, 5.41) is 9.78. The van der Waals surface area contributed by atoms with E-state index >= 15 is 0 Å². The smallest absolute Gasteiger partial charge is 0.410 e. The van der Waals surface area contributed by atoms with Crippen molar-refractivity contribution in [3.05, 3.63) is 35.9 Å². The van der Waals surface area contributed by atoms with Crippen LogP contribution < -0.4 is 0 Å². The molecular formula is C17H25NO3. The second kappa shape index (κ2) is 6.06. The summed E-state index contributed by atoms with van der Waals surface area (Å²) in [6, 6.07) is 9.66. The lowest BCUT2D eigenvalue weighted by Gasteiger charge is -2.40. The van der Waals surface area contributed by atoms with Gasteiger partial charge < -0.3 is 14.7 Å². The number of nitrogens with zero attached hydrogens (tertiary/aromatic N) is 1. The van der Waals surface area contributed by atoms with Crippen molar-refractivity contribution in [2.75, 3.05) is 19.7 Å². The highest BCUT2D eigenvalue weighted by Gasteiger charge is 2.48. The van der Waals surface area contributed by atoms with E-state index in [2.05, 4.69) is 20.8 Å². The first kappa shape index (κ1) is 15.8. The Balaban J connectivity index is 1.93. The fraction of sp³-hybridized carbons (Fsp3) is 0.588. The van der Waals surface area contributed by atoms with Crippen molar-refractivity contribution >= 4 is 6.09 Å². The molecule has 1 N–H and O–H groups in total. The Bertz CT molecular complexity index is 481. The third-order valence-electron chi connectivity index (χ3n) is 4.71. The molecular weight excluding hydrogens is 266 g/mol. The SMILES string of the molecule is CC(C)(C)C1(CO)CCN(C(=O)OCc2ccccc2)C1. The standard InChI is InChI=1S/C17H25NO3/c1-16(2,3)17(13-19)9-10-18(12-17)15(20)21-11-14-7-5-4-6-8-14/h4-8,19H,9-13H2,1-3H3. The number of hydrogen-bond donors (Lipinski definition) is 1. The van der Waals surface area contributed by atoms with Crippen LogP contribution in [0.15, 0.2) is 30.3 Å². The zero-order chi connectivity index (χ0) is 15.5. The van der Waals surface area contributed by atoms with Crippen LogP contribution in [0.5, 0.6) is 0 Å². The number of aliphatic hydroxyl groups is 1. The Labute approximate surface area is 126 Å². The second-order valence-electron chi connectivity index (χ2n) is 6.90. The quantitative estimate of drug-likeness (QED) is 0.931.